The zero-order chi connectivity index (χ0) is 18.9. The number of alkyl carbamates (subject to hydrolysis) is 1. The minimum Gasteiger partial charge on any atom is -0.444 e. The van der Waals surface area contributed by atoms with Gasteiger partial charge in [0.1, 0.15) is 5.60 Å². The summed E-state index contributed by atoms with van der Waals surface area (Å²) in [5, 5.41) is 2.65. The Morgan fingerprint density at radius 2 is 1.40 bits per heavy atom. The summed E-state index contributed by atoms with van der Waals surface area (Å²) in [4.78, 5) is 39.3. The summed E-state index contributed by atoms with van der Waals surface area (Å²) in [5.74, 6) is 0.266. The van der Waals surface area contributed by atoms with E-state index in [9.17, 15) is 14.4 Å². The van der Waals surface area contributed by atoms with Gasteiger partial charge in [-0.2, -0.15) is 0 Å². The molecule has 1 aliphatic heterocycles. The molecule has 7 heteroatoms. The van der Waals surface area contributed by atoms with Gasteiger partial charge in [-0.3, -0.25) is 9.59 Å². The van der Waals surface area contributed by atoms with Gasteiger partial charge in [0.05, 0.1) is 0 Å². The SMILES string of the molecule is CCCCC(=O)N1CCN(C(=O)CCCNC(=O)OC(C)(C)C)CC1. The molecule has 1 heterocycles. The fourth-order valence-corrected chi connectivity index (χ4v) is 2.59. The number of carbonyl (C=O) groups excluding carboxylic acids is 3. The monoisotopic (exact) mass is 355 g/mol. The fraction of sp³-hybridized carbons (Fsp3) is 0.833. The number of hydrogen-bond acceptors (Lipinski definition) is 4. The maximum atomic E-state index is 12.2. The summed E-state index contributed by atoms with van der Waals surface area (Å²) in [6, 6.07) is 0. The summed E-state index contributed by atoms with van der Waals surface area (Å²) in [7, 11) is 0. The van der Waals surface area contributed by atoms with Gasteiger partial charge in [0.2, 0.25) is 11.8 Å². The summed E-state index contributed by atoms with van der Waals surface area (Å²) in [6.45, 7) is 10.3. The van der Waals surface area contributed by atoms with Crippen molar-refractivity contribution in [3.05, 3.63) is 0 Å². The van der Waals surface area contributed by atoms with Gasteiger partial charge >= 0.3 is 6.09 Å². The number of nitrogens with zero attached hydrogens (tertiary/aromatic N) is 2. The van der Waals surface area contributed by atoms with Gasteiger partial charge in [0.25, 0.3) is 0 Å². The Hall–Kier alpha value is -1.79. The van der Waals surface area contributed by atoms with Crippen LogP contribution in [-0.2, 0) is 14.3 Å². The van der Waals surface area contributed by atoms with Crippen LogP contribution in [0.1, 0.15) is 59.8 Å². The van der Waals surface area contributed by atoms with Crippen LogP contribution in [0.3, 0.4) is 0 Å². The Balaban J connectivity index is 2.18. The van der Waals surface area contributed by atoms with Crippen LogP contribution < -0.4 is 5.32 Å². The average molecular weight is 355 g/mol. The van der Waals surface area contributed by atoms with E-state index in [1.54, 1.807) is 4.90 Å². The van der Waals surface area contributed by atoms with E-state index in [2.05, 4.69) is 12.2 Å². The fourth-order valence-electron chi connectivity index (χ4n) is 2.59. The zero-order valence-corrected chi connectivity index (χ0v) is 16.1. The number of carbonyl (C=O) groups is 3. The normalized spacial score (nSPS) is 15.0. The molecule has 7 nitrogen and oxygen atoms in total. The summed E-state index contributed by atoms with van der Waals surface area (Å²) >= 11 is 0. The third-order valence-electron chi connectivity index (χ3n) is 3.96. The highest BCUT2D eigenvalue weighted by atomic mass is 16.6. The molecule has 0 saturated carbocycles. The van der Waals surface area contributed by atoms with Crippen LogP contribution in [0.2, 0.25) is 0 Å². The van der Waals surface area contributed by atoms with Crippen LogP contribution in [0, 0.1) is 0 Å². The second-order valence-corrected chi connectivity index (χ2v) is 7.40. The van der Waals surface area contributed by atoms with Gasteiger partial charge in [-0.1, -0.05) is 13.3 Å². The molecule has 3 amide bonds. The van der Waals surface area contributed by atoms with Crippen LogP contribution in [0.5, 0.6) is 0 Å². The number of rotatable bonds is 7. The van der Waals surface area contributed by atoms with Gasteiger partial charge in [0, 0.05) is 45.6 Å². The van der Waals surface area contributed by atoms with E-state index in [0.29, 0.717) is 52.0 Å². The highest BCUT2D eigenvalue weighted by Gasteiger charge is 2.23. The molecule has 0 bridgehead atoms. The second-order valence-electron chi connectivity index (χ2n) is 7.40. The third kappa shape index (κ3) is 8.74. The molecule has 0 atom stereocenters. The first-order valence-electron chi connectivity index (χ1n) is 9.25. The van der Waals surface area contributed by atoms with E-state index in [1.165, 1.54) is 0 Å². The van der Waals surface area contributed by atoms with E-state index < -0.39 is 11.7 Å². The molecule has 0 aliphatic carbocycles. The Morgan fingerprint density at radius 1 is 0.920 bits per heavy atom. The van der Waals surface area contributed by atoms with Crippen LogP contribution in [0.15, 0.2) is 0 Å². The number of piperazine rings is 1. The van der Waals surface area contributed by atoms with E-state index in [4.69, 9.17) is 4.74 Å². The number of nitrogens with one attached hydrogen (secondary N) is 1. The minimum atomic E-state index is -0.520. The predicted octanol–water partition coefficient (Wildman–Crippen LogP) is 2.15. The third-order valence-corrected chi connectivity index (χ3v) is 3.96. The molecule has 0 unspecified atom stereocenters. The lowest BCUT2D eigenvalue weighted by atomic mass is 10.2. The van der Waals surface area contributed by atoms with E-state index >= 15 is 0 Å². The largest absolute Gasteiger partial charge is 0.444 e. The number of unbranched alkanes of at least 4 members (excludes halogenated alkanes) is 1. The summed E-state index contributed by atoms with van der Waals surface area (Å²) in [6.07, 6.45) is 3.04. The molecule has 0 aromatic rings. The molecule has 1 aliphatic rings. The van der Waals surface area contributed by atoms with Crippen LogP contribution >= 0.6 is 0 Å². The topological polar surface area (TPSA) is 79.0 Å². The molecule has 0 aromatic heterocycles. The number of amides is 3. The highest BCUT2D eigenvalue weighted by Crippen LogP contribution is 2.09. The lowest BCUT2D eigenvalue weighted by Crippen LogP contribution is -2.50. The molecule has 1 fully saturated rings. The number of hydrogen-bond donors (Lipinski definition) is 1. The molecule has 0 radical (unpaired) electrons. The predicted molar refractivity (Wildman–Crippen MR) is 96.2 cm³/mol. The van der Waals surface area contributed by atoms with Gasteiger partial charge in [-0.05, 0) is 33.6 Å². The molecule has 25 heavy (non-hydrogen) atoms. The van der Waals surface area contributed by atoms with E-state index in [1.807, 2.05) is 25.7 Å². The molecule has 1 N–H and O–H groups in total. The first-order chi connectivity index (χ1) is 11.7. The molecular formula is C18H33N3O4. The Morgan fingerprint density at radius 3 is 1.84 bits per heavy atom. The molecule has 144 valence electrons. The van der Waals surface area contributed by atoms with Gasteiger partial charge < -0.3 is 19.9 Å². The summed E-state index contributed by atoms with van der Waals surface area (Å²) in [5.41, 5.74) is -0.520. The molecule has 0 aromatic carbocycles. The van der Waals surface area contributed by atoms with Crippen LogP contribution in [0.25, 0.3) is 0 Å². The smallest absolute Gasteiger partial charge is 0.407 e. The first kappa shape index (κ1) is 21.3. The van der Waals surface area contributed by atoms with Gasteiger partial charge in [0.15, 0.2) is 0 Å². The Kier molecular flexibility index (Phi) is 8.72. The zero-order valence-electron chi connectivity index (χ0n) is 16.1. The maximum Gasteiger partial charge on any atom is 0.407 e. The van der Waals surface area contributed by atoms with Crippen molar-refractivity contribution < 1.29 is 19.1 Å². The standard InChI is InChI=1S/C18H33N3O4/c1-5-6-8-15(22)20-11-13-21(14-12-20)16(23)9-7-10-19-17(24)25-18(2,3)4/h5-14H2,1-4H3,(H,19,24). The van der Waals surface area contributed by atoms with E-state index in [0.717, 1.165) is 12.8 Å². The van der Waals surface area contributed by atoms with Crippen molar-refractivity contribution >= 4 is 17.9 Å². The van der Waals surface area contributed by atoms with Gasteiger partial charge in [-0.25, -0.2) is 4.79 Å². The molecule has 1 saturated heterocycles. The van der Waals surface area contributed by atoms with Crippen molar-refractivity contribution in [1.29, 1.82) is 0 Å². The van der Waals surface area contributed by atoms with Crippen molar-refractivity contribution in [3.63, 3.8) is 0 Å². The van der Waals surface area contributed by atoms with Crippen LogP contribution in [0.4, 0.5) is 4.79 Å². The van der Waals surface area contributed by atoms with E-state index in [-0.39, 0.29) is 11.8 Å². The molecule has 0 spiro atoms. The van der Waals surface area contributed by atoms with Gasteiger partial charge in [-0.15, -0.1) is 0 Å². The molecule has 1 rings (SSSR count). The van der Waals surface area contributed by atoms with Crippen LogP contribution in [-0.4, -0.2) is 66.0 Å². The second kappa shape index (κ2) is 10.3. The Bertz CT molecular complexity index is 452. The highest BCUT2D eigenvalue weighted by molar-refractivity contribution is 5.78. The Labute approximate surface area is 151 Å². The minimum absolute atomic E-state index is 0.0756. The van der Waals surface area contributed by atoms with Crippen molar-refractivity contribution in [2.45, 2.75) is 65.4 Å². The number of ether oxygens (including phenoxy) is 1. The van der Waals surface area contributed by atoms with Crippen molar-refractivity contribution in [3.8, 4) is 0 Å². The van der Waals surface area contributed by atoms with Crippen molar-refractivity contribution in [1.82, 2.24) is 15.1 Å². The van der Waals surface area contributed by atoms with Crippen molar-refractivity contribution in [2.75, 3.05) is 32.7 Å². The molecular weight excluding hydrogens is 322 g/mol. The quantitative estimate of drug-likeness (QED) is 0.710. The first-order valence-corrected chi connectivity index (χ1v) is 9.25. The lowest BCUT2D eigenvalue weighted by Gasteiger charge is -2.35. The average Bonchev–Trinajstić information content (AvgIpc) is 2.55. The summed E-state index contributed by atoms with van der Waals surface area (Å²) < 4.78 is 5.14. The van der Waals surface area contributed by atoms with Crippen molar-refractivity contribution in [2.24, 2.45) is 0 Å². The lowest BCUT2D eigenvalue weighted by molar-refractivity contribution is -0.139. The maximum absolute atomic E-state index is 12.2.